The molecule has 6 nitrogen and oxygen atoms in total. The van der Waals surface area contributed by atoms with Crippen molar-refractivity contribution in [3.63, 3.8) is 0 Å². The van der Waals surface area contributed by atoms with Gasteiger partial charge in [-0.1, -0.05) is 36.4 Å². The van der Waals surface area contributed by atoms with Gasteiger partial charge in [-0.05, 0) is 29.5 Å². The zero-order valence-corrected chi connectivity index (χ0v) is 15.3. The van der Waals surface area contributed by atoms with Crippen molar-refractivity contribution < 1.29 is 9.72 Å². The number of nitro groups is 1. The fraction of sp³-hybridized carbons (Fsp3) is 0.286. The quantitative estimate of drug-likeness (QED) is 0.506. The number of fused-ring (bicyclic) bond motifs is 3. The van der Waals surface area contributed by atoms with Crippen LogP contribution in [0.5, 0.6) is 0 Å². The van der Waals surface area contributed by atoms with Crippen molar-refractivity contribution in [1.29, 1.82) is 0 Å². The van der Waals surface area contributed by atoms with Gasteiger partial charge in [0.25, 0.3) is 11.6 Å². The van der Waals surface area contributed by atoms with Gasteiger partial charge < -0.3 is 10.2 Å². The Morgan fingerprint density at radius 3 is 2.59 bits per heavy atom. The highest BCUT2D eigenvalue weighted by molar-refractivity contribution is 6.00. The first-order chi connectivity index (χ1) is 13.0. The van der Waals surface area contributed by atoms with E-state index in [1.807, 2.05) is 24.3 Å². The van der Waals surface area contributed by atoms with Gasteiger partial charge in [-0.25, -0.2) is 0 Å². The first kappa shape index (κ1) is 17.3. The monoisotopic (exact) mass is 363 g/mol. The minimum atomic E-state index is -0.388. The summed E-state index contributed by atoms with van der Waals surface area (Å²) in [6.07, 6.45) is 5.34. The minimum absolute atomic E-state index is 0.00517. The zero-order valence-electron chi connectivity index (χ0n) is 15.3. The summed E-state index contributed by atoms with van der Waals surface area (Å²) in [7, 11) is 3.49. The summed E-state index contributed by atoms with van der Waals surface area (Å²) in [6, 6.07) is 12.6. The number of anilines is 1. The number of non-ortho nitro benzene ring substituents is 1. The Balaban J connectivity index is 1.78. The third-order valence-corrected chi connectivity index (χ3v) is 5.50. The van der Waals surface area contributed by atoms with E-state index in [2.05, 4.69) is 23.5 Å². The maximum absolute atomic E-state index is 12.7. The molecule has 0 bridgehead atoms. The number of nitro benzene ring substituents is 1. The molecule has 0 aromatic heterocycles. The van der Waals surface area contributed by atoms with E-state index in [4.69, 9.17) is 0 Å². The van der Waals surface area contributed by atoms with Gasteiger partial charge in [0.1, 0.15) is 0 Å². The fourth-order valence-electron chi connectivity index (χ4n) is 4.17. The molecule has 2 aliphatic rings. The predicted molar refractivity (Wildman–Crippen MR) is 104 cm³/mol. The number of benzene rings is 2. The molecule has 138 valence electrons. The van der Waals surface area contributed by atoms with Crippen LogP contribution in [0.3, 0.4) is 0 Å². The molecular formula is C21H21N3O3. The number of amides is 1. The lowest BCUT2D eigenvalue weighted by Gasteiger charge is -2.38. The molecule has 4 rings (SSSR count). The molecule has 6 heteroatoms. The smallest absolute Gasteiger partial charge is 0.269 e. The van der Waals surface area contributed by atoms with Crippen LogP contribution in [-0.2, 0) is 0 Å². The molecule has 2 aromatic carbocycles. The van der Waals surface area contributed by atoms with E-state index in [-0.39, 0.29) is 28.5 Å². The summed E-state index contributed by atoms with van der Waals surface area (Å²) < 4.78 is 0. The van der Waals surface area contributed by atoms with Crippen molar-refractivity contribution in [2.45, 2.75) is 18.4 Å². The zero-order chi connectivity index (χ0) is 19.1. The highest BCUT2D eigenvalue weighted by Crippen LogP contribution is 2.50. The van der Waals surface area contributed by atoms with Gasteiger partial charge in [0, 0.05) is 32.1 Å². The maximum Gasteiger partial charge on any atom is 0.269 e. The lowest BCUT2D eigenvalue weighted by atomic mass is 9.76. The van der Waals surface area contributed by atoms with Gasteiger partial charge in [-0.2, -0.15) is 0 Å². The van der Waals surface area contributed by atoms with Gasteiger partial charge in [0.2, 0.25) is 0 Å². The van der Waals surface area contributed by atoms with Crippen LogP contribution in [0.1, 0.15) is 39.9 Å². The maximum atomic E-state index is 12.7. The number of hydrogen-bond donors (Lipinski definition) is 1. The second-order valence-corrected chi connectivity index (χ2v) is 7.29. The van der Waals surface area contributed by atoms with E-state index < -0.39 is 0 Å². The first-order valence-electron chi connectivity index (χ1n) is 8.99. The molecule has 3 atom stereocenters. The van der Waals surface area contributed by atoms with Crippen molar-refractivity contribution in [3.05, 3.63) is 81.4 Å². The van der Waals surface area contributed by atoms with E-state index in [0.29, 0.717) is 11.5 Å². The van der Waals surface area contributed by atoms with Crippen molar-refractivity contribution in [1.82, 2.24) is 4.90 Å². The first-order valence-corrected chi connectivity index (χ1v) is 8.99. The molecule has 1 amide bonds. The lowest BCUT2D eigenvalue weighted by Crippen LogP contribution is -2.31. The summed E-state index contributed by atoms with van der Waals surface area (Å²) in [5.41, 5.74) is 3.74. The van der Waals surface area contributed by atoms with Gasteiger partial charge in [0.15, 0.2) is 0 Å². The molecule has 2 aromatic rings. The van der Waals surface area contributed by atoms with E-state index in [0.717, 1.165) is 23.2 Å². The van der Waals surface area contributed by atoms with Crippen LogP contribution in [0.15, 0.2) is 54.6 Å². The van der Waals surface area contributed by atoms with Gasteiger partial charge in [-0.3, -0.25) is 14.9 Å². The Hall–Kier alpha value is -3.15. The average Bonchev–Trinajstić information content (AvgIpc) is 3.16. The molecule has 1 aliphatic carbocycles. The standard InChI is InChI=1S/C21H21N3O3/c1-23(2)21(25)18-8-4-7-17-15-5-3-6-16(15)19(22-20(17)18)13-9-11-14(12-10-13)24(26)27/h3-5,7-12,15-16,19,22H,6H2,1-2H3. The van der Waals surface area contributed by atoms with Gasteiger partial charge in [-0.15, -0.1) is 0 Å². The lowest BCUT2D eigenvalue weighted by molar-refractivity contribution is -0.384. The molecule has 0 radical (unpaired) electrons. The Morgan fingerprint density at radius 2 is 1.93 bits per heavy atom. The Labute approximate surface area is 157 Å². The van der Waals surface area contributed by atoms with Crippen LogP contribution in [0, 0.1) is 16.0 Å². The molecule has 0 spiro atoms. The topological polar surface area (TPSA) is 75.5 Å². The molecule has 0 saturated carbocycles. The number of para-hydroxylation sites is 1. The van der Waals surface area contributed by atoms with E-state index in [1.165, 1.54) is 0 Å². The molecule has 0 saturated heterocycles. The summed E-state index contributed by atoms with van der Waals surface area (Å²) >= 11 is 0. The third-order valence-electron chi connectivity index (χ3n) is 5.50. The van der Waals surface area contributed by atoms with Gasteiger partial charge >= 0.3 is 0 Å². The normalized spacial score (nSPS) is 22.5. The van der Waals surface area contributed by atoms with Crippen LogP contribution in [-0.4, -0.2) is 29.8 Å². The second-order valence-electron chi connectivity index (χ2n) is 7.29. The molecule has 27 heavy (non-hydrogen) atoms. The molecule has 0 fully saturated rings. The summed E-state index contributed by atoms with van der Waals surface area (Å²) in [5, 5.41) is 14.5. The molecule has 1 aliphatic heterocycles. The van der Waals surface area contributed by atoms with Gasteiger partial charge in [0.05, 0.1) is 22.2 Å². The second kappa shape index (κ2) is 6.54. The number of hydrogen-bond acceptors (Lipinski definition) is 4. The number of allylic oxidation sites excluding steroid dienone is 2. The van der Waals surface area contributed by atoms with E-state index in [1.54, 1.807) is 31.1 Å². The largest absolute Gasteiger partial charge is 0.377 e. The van der Waals surface area contributed by atoms with E-state index in [9.17, 15) is 14.9 Å². The number of carbonyl (C=O) groups excluding carboxylic acids is 1. The number of rotatable bonds is 3. The Kier molecular flexibility index (Phi) is 4.18. The Bertz CT molecular complexity index is 934. The van der Waals surface area contributed by atoms with Crippen LogP contribution in [0.25, 0.3) is 0 Å². The summed E-state index contributed by atoms with van der Waals surface area (Å²) in [6.45, 7) is 0. The summed E-state index contributed by atoms with van der Waals surface area (Å²) in [5.74, 6) is 0.516. The highest BCUT2D eigenvalue weighted by Gasteiger charge is 2.39. The van der Waals surface area contributed by atoms with Crippen molar-refractivity contribution in [3.8, 4) is 0 Å². The molecule has 3 unspecified atom stereocenters. The molecular weight excluding hydrogens is 342 g/mol. The van der Waals surface area contributed by atoms with Crippen molar-refractivity contribution >= 4 is 17.3 Å². The number of carbonyl (C=O) groups is 1. The minimum Gasteiger partial charge on any atom is -0.377 e. The van der Waals surface area contributed by atoms with Crippen LogP contribution >= 0.6 is 0 Å². The third kappa shape index (κ3) is 2.87. The summed E-state index contributed by atoms with van der Waals surface area (Å²) in [4.78, 5) is 24.8. The predicted octanol–water partition coefficient (Wildman–Crippen LogP) is 4.12. The molecule has 1 heterocycles. The van der Waals surface area contributed by atoms with Crippen LogP contribution in [0.4, 0.5) is 11.4 Å². The van der Waals surface area contributed by atoms with Crippen LogP contribution in [0.2, 0.25) is 0 Å². The fourth-order valence-corrected chi connectivity index (χ4v) is 4.17. The number of nitrogens with zero attached hydrogens (tertiary/aromatic N) is 2. The SMILES string of the molecule is CN(C)C(=O)c1cccc2c1NC(c1ccc([N+](=O)[O-])cc1)C1CC=CC21. The van der Waals surface area contributed by atoms with E-state index >= 15 is 0 Å². The van der Waals surface area contributed by atoms with Crippen LogP contribution < -0.4 is 5.32 Å². The Morgan fingerprint density at radius 1 is 1.19 bits per heavy atom. The number of nitrogens with one attached hydrogen (secondary N) is 1. The average molecular weight is 363 g/mol. The molecule has 1 N–H and O–H groups in total. The van der Waals surface area contributed by atoms with Crippen molar-refractivity contribution in [2.24, 2.45) is 5.92 Å². The highest BCUT2D eigenvalue weighted by atomic mass is 16.6. The van der Waals surface area contributed by atoms with Crippen molar-refractivity contribution in [2.75, 3.05) is 19.4 Å².